The zero-order chi connectivity index (χ0) is 13.4. The SMILES string of the molecule is CC(C)C1=CC=C[CH]1.CN(C)Cc1[c]cccc1.[Ga].[HH]. The molecule has 2 rings (SSSR count). The van der Waals surface area contributed by atoms with Gasteiger partial charge in [0.05, 0.1) is 0 Å². The van der Waals surface area contributed by atoms with Gasteiger partial charge in [0.15, 0.2) is 0 Å². The first-order valence-electron chi connectivity index (χ1n) is 6.41. The number of nitrogens with zero attached hydrogens (tertiary/aromatic N) is 1. The fraction of sp³-hybridized carbons (Fsp3) is 0.353. The predicted molar refractivity (Wildman–Crippen MR) is 86.9 cm³/mol. The number of allylic oxidation sites excluding steroid dienone is 4. The molecule has 0 aliphatic heterocycles. The van der Waals surface area contributed by atoms with Crippen LogP contribution in [0.1, 0.15) is 20.8 Å². The summed E-state index contributed by atoms with van der Waals surface area (Å²) in [6.07, 6.45) is 8.47. The van der Waals surface area contributed by atoms with Gasteiger partial charge >= 0.3 is 0 Å². The van der Waals surface area contributed by atoms with Crippen LogP contribution in [0.25, 0.3) is 0 Å². The Morgan fingerprint density at radius 3 is 2.32 bits per heavy atom. The Hall–Kier alpha value is -0.704. The molecular weight excluding hydrogens is 288 g/mol. The molecule has 19 heavy (non-hydrogen) atoms. The average molecular weight is 313 g/mol. The predicted octanol–water partition coefficient (Wildman–Crippen LogP) is 3.76. The maximum Gasteiger partial charge on any atom is 0.0233 e. The summed E-state index contributed by atoms with van der Waals surface area (Å²) >= 11 is 0. The van der Waals surface area contributed by atoms with Crippen LogP contribution in [0.15, 0.2) is 48.1 Å². The molecule has 5 radical (unpaired) electrons. The van der Waals surface area contributed by atoms with Crippen LogP contribution in [0.4, 0.5) is 0 Å². The van der Waals surface area contributed by atoms with Crippen LogP contribution in [0, 0.1) is 18.4 Å². The summed E-state index contributed by atoms with van der Waals surface area (Å²) in [4.78, 5) is 2.13. The van der Waals surface area contributed by atoms with E-state index in [1.807, 2.05) is 18.2 Å². The average Bonchev–Trinajstić information content (AvgIpc) is 2.84. The summed E-state index contributed by atoms with van der Waals surface area (Å²) in [5.74, 6) is 0.685. The van der Waals surface area contributed by atoms with Gasteiger partial charge in [0.1, 0.15) is 0 Å². The third kappa shape index (κ3) is 8.14. The Labute approximate surface area is 132 Å². The molecule has 1 aliphatic rings. The minimum absolute atomic E-state index is 0. The van der Waals surface area contributed by atoms with E-state index >= 15 is 0 Å². The monoisotopic (exact) mass is 312 g/mol. The summed E-state index contributed by atoms with van der Waals surface area (Å²) in [5, 5.41) is 0. The number of hydrogen-bond acceptors (Lipinski definition) is 1. The molecule has 0 heterocycles. The van der Waals surface area contributed by atoms with Crippen molar-refractivity contribution in [1.29, 1.82) is 0 Å². The van der Waals surface area contributed by atoms with Crippen LogP contribution in [0.3, 0.4) is 0 Å². The second-order valence-corrected chi connectivity index (χ2v) is 5.00. The molecule has 1 aliphatic carbocycles. The second-order valence-electron chi connectivity index (χ2n) is 5.00. The van der Waals surface area contributed by atoms with Crippen LogP contribution in [0.2, 0.25) is 0 Å². The zero-order valence-electron chi connectivity index (χ0n) is 12.4. The molecule has 101 valence electrons. The third-order valence-electron chi connectivity index (χ3n) is 2.62. The summed E-state index contributed by atoms with van der Waals surface area (Å²) in [5.41, 5.74) is 2.68. The summed E-state index contributed by atoms with van der Waals surface area (Å²) in [7, 11) is 4.11. The van der Waals surface area contributed by atoms with Gasteiger partial charge < -0.3 is 4.90 Å². The largest absolute Gasteiger partial charge is 0.305 e. The van der Waals surface area contributed by atoms with Crippen molar-refractivity contribution in [3.8, 4) is 0 Å². The molecule has 0 saturated carbocycles. The van der Waals surface area contributed by atoms with E-state index in [2.05, 4.69) is 69.6 Å². The Bertz CT molecular complexity index is 397. The Morgan fingerprint density at radius 2 is 1.95 bits per heavy atom. The van der Waals surface area contributed by atoms with E-state index in [4.69, 9.17) is 0 Å². The second kappa shape index (κ2) is 10.1. The van der Waals surface area contributed by atoms with Gasteiger partial charge in [0.2, 0.25) is 0 Å². The van der Waals surface area contributed by atoms with Crippen molar-refractivity contribution in [3.05, 3.63) is 66.1 Å². The van der Waals surface area contributed by atoms with E-state index in [0.29, 0.717) is 5.92 Å². The molecule has 0 unspecified atom stereocenters. The molecule has 0 N–H and O–H groups in total. The molecule has 0 amide bonds. The Kier molecular flexibility index (Phi) is 9.75. The van der Waals surface area contributed by atoms with Crippen molar-refractivity contribution in [3.63, 3.8) is 0 Å². The number of rotatable bonds is 3. The van der Waals surface area contributed by atoms with Gasteiger partial charge in [-0.05, 0) is 31.6 Å². The van der Waals surface area contributed by atoms with E-state index in [0.717, 1.165) is 6.54 Å². The number of benzene rings is 1. The molecule has 2 heteroatoms. The maximum absolute atomic E-state index is 3.16. The van der Waals surface area contributed by atoms with Crippen LogP contribution in [-0.4, -0.2) is 38.8 Å². The van der Waals surface area contributed by atoms with E-state index in [1.165, 1.54) is 11.1 Å². The van der Waals surface area contributed by atoms with Crippen LogP contribution >= 0.6 is 0 Å². The quantitative estimate of drug-likeness (QED) is 0.768. The first-order valence-corrected chi connectivity index (χ1v) is 6.41. The molecule has 0 spiro atoms. The van der Waals surface area contributed by atoms with Gasteiger partial charge in [0, 0.05) is 34.2 Å². The fourth-order valence-electron chi connectivity index (χ4n) is 1.64. The molecule has 0 atom stereocenters. The van der Waals surface area contributed by atoms with Crippen molar-refractivity contribution < 1.29 is 1.43 Å². The molecule has 0 saturated heterocycles. The van der Waals surface area contributed by atoms with E-state index in [9.17, 15) is 0 Å². The van der Waals surface area contributed by atoms with Crippen LogP contribution in [0.5, 0.6) is 0 Å². The van der Waals surface area contributed by atoms with E-state index in [1.54, 1.807) is 0 Å². The fourth-order valence-corrected chi connectivity index (χ4v) is 1.64. The summed E-state index contributed by atoms with van der Waals surface area (Å²) in [6, 6.07) is 11.2. The van der Waals surface area contributed by atoms with Crippen molar-refractivity contribution >= 4 is 19.8 Å². The van der Waals surface area contributed by atoms with Crippen molar-refractivity contribution in [2.45, 2.75) is 20.4 Å². The van der Waals surface area contributed by atoms with Gasteiger partial charge in [-0.15, -0.1) is 0 Å². The molecule has 1 aromatic carbocycles. The van der Waals surface area contributed by atoms with Gasteiger partial charge in [0.25, 0.3) is 0 Å². The maximum atomic E-state index is 3.16. The summed E-state index contributed by atoms with van der Waals surface area (Å²) in [6.45, 7) is 5.38. The van der Waals surface area contributed by atoms with Crippen LogP contribution < -0.4 is 0 Å². The van der Waals surface area contributed by atoms with Gasteiger partial charge in [-0.3, -0.25) is 0 Å². The summed E-state index contributed by atoms with van der Waals surface area (Å²) < 4.78 is 0. The van der Waals surface area contributed by atoms with Gasteiger partial charge in [-0.1, -0.05) is 61.9 Å². The first-order chi connectivity index (χ1) is 8.59. The first kappa shape index (κ1) is 18.3. The Balaban J connectivity index is 0. The molecule has 0 fully saturated rings. The smallest absolute Gasteiger partial charge is 0.0233 e. The minimum atomic E-state index is 0. The molecule has 0 bridgehead atoms. The topological polar surface area (TPSA) is 3.24 Å². The molecule has 0 aromatic heterocycles. The zero-order valence-corrected chi connectivity index (χ0v) is 14.9. The standard InChI is InChI=1S/C9H12N.C8H11.Ga.H2/c1-10(2)8-9-6-4-3-5-7-9;1-7(2)8-5-3-4-6-8;;/h3-6H,8H2,1-2H3;3-7H,1-2H3;;1H. The van der Waals surface area contributed by atoms with Crippen molar-refractivity contribution in [2.24, 2.45) is 5.92 Å². The van der Waals surface area contributed by atoms with E-state index in [-0.39, 0.29) is 21.2 Å². The molecule has 1 nitrogen and oxygen atoms in total. The van der Waals surface area contributed by atoms with E-state index < -0.39 is 0 Å². The normalized spacial score (nSPS) is 12.8. The minimum Gasteiger partial charge on any atom is -0.305 e. The Morgan fingerprint density at radius 1 is 1.21 bits per heavy atom. The molecule has 1 aromatic rings. The van der Waals surface area contributed by atoms with Gasteiger partial charge in [-0.25, -0.2) is 0 Å². The number of hydrogen-bond donors (Lipinski definition) is 0. The van der Waals surface area contributed by atoms with Crippen LogP contribution in [-0.2, 0) is 6.54 Å². The molecular formula is C17H25GaN. The van der Waals surface area contributed by atoms with Crippen molar-refractivity contribution in [2.75, 3.05) is 14.1 Å². The van der Waals surface area contributed by atoms with Gasteiger partial charge in [-0.2, -0.15) is 0 Å². The third-order valence-corrected chi connectivity index (χ3v) is 2.62. The van der Waals surface area contributed by atoms with Crippen molar-refractivity contribution in [1.82, 2.24) is 4.90 Å².